The zero-order valence-electron chi connectivity index (χ0n) is 7.80. The number of nitrogens with zero attached hydrogens (tertiary/aromatic N) is 5. The maximum Gasteiger partial charge on any atom is 0.0579 e. The van der Waals surface area contributed by atoms with Gasteiger partial charge in [0.05, 0.1) is 17.6 Å². The minimum Gasteiger partial charge on any atom is -0.370 e. The topological polar surface area (TPSA) is 64.9 Å². The van der Waals surface area contributed by atoms with E-state index in [0.717, 1.165) is 18.8 Å². The van der Waals surface area contributed by atoms with Gasteiger partial charge in [0.25, 0.3) is 0 Å². The third-order valence-corrected chi connectivity index (χ3v) is 2.34. The molecule has 0 aliphatic carbocycles. The Morgan fingerprint density at radius 2 is 2.14 bits per heavy atom. The Kier molecular flexibility index (Phi) is 2.51. The summed E-state index contributed by atoms with van der Waals surface area (Å²) in [5.74, 6) is 0. The summed E-state index contributed by atoms with van der Waals surface area (Å²) >= 11 is 0. The van der Waals surface area contributed by atoms with E-state index in [1.165, 1.54) is 12.8 Å². The van der Waals surface area contributed by atoms with Gasteiger partial charge in [-0.3, -0.25) is 4.98 Å². The lowest BCUT2D eigenvalue weighted by Crippen LogP contribution is -2.17. The zero-order chi connectivity index (χ0) is 9.80. The fourth-order valence-electron chi connectivity index (χ4n) is 1.67. The maximum atomic E-state index is 8.29. The van der Waals surface area contributed by atoms with Gasteiger partial charge in [0.15, 0.2) is 0 Å². The highest BCUT2D eigenvalue weighted by molar-refractivity contribution is 5.53. The van der Waals surface area contributed by atoms with Gasteiger partial charge in [-0.2, -0.15) is 0 Å². The Balaban J connectivity index is 2.24. The smallest absolute Gasteiger partial charge is 0.0579 e. The first kappa shape index (κ1) is 8.84. The second-order valence-corrected chi connectivity index (χ2v) is 3.28. The van der Waals surface area contributed by atoms with Crippen LogP contribution < -0.4 is 4.90 Å². The van der Waals surface area contributed by atoms with Crippen LogP contribution in [0.1, 0.15) is 12.8 Å². The molecule has 14 heavy (non-hydrogen) atoms. The predicted octanol–water partition coefficient (Wildman–Crippen LogP) is 2.62. The number of hydrogen-bond acceptors (Lipinski definition) is 3. The second kappa shape index (κ2) is 3.98. The Morgan fingerprint density at radius 1 is 1.36 bits per heavy atom. The monoisotopic (exact) mass is 189 g/mol. The molecular formula is C9H11N5. The van der Waals surface area contributed by atoms with Crippen LogP contribution in [0.2, 0.25) is 0 Å². The highest BCUT2D eigenvalue weighted by Crippen LogP contribution is 2.23. The van der Waals surface area contributed by atoms with Gasteiger partial charge in [0.2, 0.25) is 0 Å². The number of hydrogen-bond donors (Lipinski definition) is 0. The fourth-order valence-corrected chi connectivity index (χ4v) is 1.67. The van der Waals surface area contributed by atoms with Crippen LogP contribution in [-0.4, -0.2) is 18.1 Å². The Hall–Kier alpha value is -1.74. The van der Waals surface area contributed by atoms with Crippen molar-refractivity contribution in [2.75, 3.05) is 18.0 Å². The van der Waals surface area contributed by atoms with E-state index in [4.69, 9.17) is 5.53 Å². The van der Waals surface area contributed by atoms with Gasteiger partial charge >= 0.3 is 0 Å². The number of pyridine rings is 1. The lowest BCUT2D eigenvalue weighted by Gasteiger charge is -2.16. The Bertz CT molecular complexity index is 363. The molecule has 1 fully saturated rings. The molecule has 72 valence electrons. The third kappa shape index (κ3) is 1.78. The summed E-state index contributed by atoms with van der Waals surface area (Å²) in [7, 11) is 0. The molecule has 0 N–H and O–H groups in total. The molecule has 2 rings (SSSR count). The van der Waals surface area contributed by atoms with E-state index in [1.807, 2.05) is 12.3 Å². The summed E-state index contributed by atoms with van der Waals surface area (Å²) in [6.07, 6.45) is 5.83. The molecule has 1 aromatic heterocycles. The summed E-state index contributed by atoms with van der Waals surface area (Å²) in [4.78, 5) is 9.03. The van der Waals surface area contributed by atoms with Crippen molar-refractivity contribution in [3.63, 3.8) is 0 Å². The van der Waals surface area contributed by atoms with E-state index >= 15 is 0 Å². The molecule has 0 atom stereocenters. The first-order valence-corrected chi connectivity index (χ1v) is 4.65. The minimum atomic E-state index is 0.580. The van der Waals surface area contributed by atoms with Crippen LogP contribution in [0, 0.1) is 0 Å². The van der Waals surface area contributed by atoms with E-state index in [0.29, 0.717) is 5.69 Å². The fraction of sp³-hybridized carbons (Fsp3) is 0.444. The molecule has 0 bridgehead atoms. The SMILES string of the molecule is [N-]=[N+]=Nc1cncc(N2CCCC2)c1. The summed E-state index contributed by atoms with van der Waals surface area (Å²) < 4.78 is 0. The number of azide groups is 1. The molecule has 5 nitrogen and oxygen atoms in total. The molecule has 0 unspecified atom stereocenters. The summed E-state index contributed by atoms with van der Waals surface area (Å²) in [6, 6.07) is 1.87. The van der Waals surface area contributed by atoms with E-state index in [-0.39, 0.29) is 0 Å². The third-order valence-electron chi connectivity index (χ3n) is 2.34. The predicted molar refractivity (Wildman–Crippen MR) is 54.5 cm³/mol. The van der Waals surface area contributed by atoms with Crippen molar-refractivity contribution in [2.24, 2.45) is 5.11 Å². The van der Waals surface area contributed by atoms with Crippen LogP contribution in [0.25, 0.3) is 10.4 Å². The largest absolute Gasteiger partial charge is 0.370 e. The standard InChI is InChI=1S/C9H11N5/c10-13-12-8-5-9(7-11-6-8)14-3-1-2-4-14/h5-7H,1-4H2. The van der Waals surface area contributed by atoms with E-state index in [2.05, 4.69) is 19.9 Å². The molecule has 0 spiro atoms. The van der Waals surface area contributed by atoms with Crippen molar-refractivity contribution in [1.82, 2.24) is 4.98 Å². The maximum absolute atomic E-state index is 8.29. The van der Waals surface area contributed by atoms with Crippen LogP contribution in [0.15, 0.2) is 23.6 Å². The average Bonchev–Trinajstić information content (AvgIpc) is 2.71. The zero-order valence-corrected chi connectivity index (χ0v) is 7.80. The van der Waals surface area contributed by atoms with Gasteiger partial charge in [-0.25, -0.2) is 0 Å². The molecule has 1 aliphatic rings. The van der Waals surface area contributed by atoms with Gasteiger partial charge in [0.1, 0.15) is 0 Å². The second-order valence-electron chi connectivity index (χ2n) is 3.28. The molecule has 0 saturated carbocycles. The van der Waals surface area contributed by atoms with Crippen molar-refractivity contribution in [3.05, 3.63) is 28.9 Å². The van der Waals surface area contributed by atoms with Gasteiger partial charge in [-0.15, -0.1) is 0 Å². The lowest BCUT2D eigenvalue weighted by atomic mass is 10.3. The molecule has 2 heterocycles. The highest BCUT2D eigenvalue weighted by atomic mass is 15.2. The molecule has 1 saturated heterocycles. The number of rotatable bonds is 2. The molecule has 1 aromatic rings. The Labute approximate surface area is 82.0 Å². The number of aromatic nitrogens is 1. The van der Waals surface area contributed by atoms with Crippen molar-refractivity contribution in [2.45, 2.75) is 12.8 Å². The minimum absolute atomic E-state index is 0.580. The van der Waals surface area contributed by atoms with E-state index in [9.17, 15) is 0 Å². The summed E-state index contributed by atoms with van der Waals surface area (Å²) in [5, 5.41) is 3.53. The van der Waals surface area contributed by atoms with Crippen molar-refractivity contribution >= 4 is 11.4 Å². The first-order chi connectivity index (χ1) is 6.90. The van der Waals surface area contributed by atoms with Gasteiger partial charge in [-0.1, -0.05) is 5.11 Å². The molecule has 1 aliphatic heterocycles. The normalized spacial score (nSPS) is 15.3. The van der Waals surface area contributed by atoms with Crippen LogP contribution in [0.3, 0.4) is 0 Å². The molecule has 0 radical (unpaired) electrons. The summed E-state index contributed by atoms with van der Waals surface area (Å²) in [6.45, 7) is 2.14. The van der Waals surface area contributed by atoms with Crippen LogP contribution >= 0.6 is 0 Å². The number of anilines is 1. The Morgan fingerprint density at radius 3 is 2.86 bits per heavy atom. The molecule has 0 aromatic carbocycles. The van der Waals surface area contributed by atoms with Crippen LogP contribution in [-0.2, 0) is 0 Å². The van der Waals surface area contributed by atoms with Crippen molar-refractivity contribution < 1.29 is 0 Å². The van der Waals surface area contributed by atoms with E-state index in [1.54, 1.807) is 6.20 Å². The van der Waals surface area contributed by atoms with Gasteiger partial charge < -0.3 is 4.90 Å². The molecule has 0 amide bonds. The van der Waals surface area contributed by atoms with Crippen molar-refractivity contribution in [1.29, 1.82) is 0 Å². The lowest BCUT2D eigenvalue weighted by molar-refractivity contribution is 0.949. The van der Waals surface area contributed by atoms with Crippen LogP contribution in [0.5, 0.6) is 0 Å². The average molecular weight is 189 g/mol. The molecular weight excluding hydrogens is 178 g/mol. The summed E-state index contributed by atoms with van der Waals surface area (Å²) in [5.41, 5.74) is 9.92. The van der Waals surface area contributed by atoms with Crippen LogP contribution in [0.4, 0.5) is 11.4 Å². The van der Waals surface area contributed by atoms with Gasteiger partial charge in [-0.05, 0) is 24.4 Å². The molecule has 5 heteroatoms. The van der Waals surface area contributed by atoms with Gasteiger partial charge in [0, 0.05) is 24.2 Å². The highest BCUT2D eigenvalue weighted by Gasteiger charge is 2.12. The quantitative estimate of drug-likeness (QED) is 0.407. The van der Waals surface area contributed by atoms with Crippen molar-refractivity contribution in [3.8, 4) is 0 Å². The van der Waals surface area contributed by atoms with E-state index < -0.39 is 0 Å². The first-order valence-electron chi connectivity index (χ1n) is 4.65.